The maximum absolute atomic E-state index is 11.6. The summed E-state index contributed by atoms with van der Waals surface area (Å²) in [5, 5.41) is 19.2. The van der Waals surface area contributed by atoms with Crippen LogP contribution in [0.2, 0.25) is 0 Å². The highest BCUT2D eigenvalue weighted by molar-refractivity contribution is 6.06. The maximum Gasteiger partial charge on any atom is 0.224 e. The van der Waals surface area contributed by atoms with E-state index in [-0.39, 0.29) is 22.8 Å². The number of hydrogen-bond acceptors (Lipinski definition) is 4. The molecule has 0 bridgehead atoms. The Labute approximate surface area is 97.4 Å². The van der Waals surface area contributed by atoms with E-state index in [0.29, 0.717) is 0 Å². The minimum absolute atomic E-state index is 0.0894. The molecular formula is C13H10O4. The van der Waals surface area contributed by atoms with Gasteiger partial charge in [0.15, 0.2) is 5.76 Å². The molecule has 2 N–H and O–H groups in total. The van der Waals surface area contributed by atoms with Crippen molar-refractivity contribution in [3.05, 3.63) is 60.1 Å². The number of rotatable bonds is 3. The molecule has 86 valence electrons. The van der Waals surface area contributed by atoms with Crippen molar-refractivity contribution in [3.63, 3.8) is 0 Å². The zero-order valence-corrected chi connectivity index (χ0v) is 8.83. The number of allylic oxidation sites excluding steroid dienone is 1. The summed E-state index contributed by atoms with van der Waals surface area (Å²) in [6.07, 6.45) is 2.38. The van der Waals surface area contributed by atoms with Crippen molar-refractivity contribution in [1.29, 1.82) is 0 Å². The van der Waals surface area contributed by atoms with Crippen LogP contribution in [-0.2, 0) is 0 Å². The Balaban J connectivity index is 2.29. The highest BCUT2D eigenvalue weighted by Gasteiger charge is 2.10. The average Bonchev–Trinajstić information content (AvgIpc) is 2.82. The van der Waals surface area contributed by atoms with Crippen LogP contribution in [0.4, 0.5) is 0 Å². The molecule has 17 heavy (non-hydrogen) atoms. The molecule has 0 saturated heterocycles. The molecule has 1 aromatic heterocycles. The summed E-state index contributed by atoms with van der Waals surface area (Å²) in [4.78, 5) is 11.6. The first-order valence-corrected chi connectivity index (χ1v) is 4.95. The number of benzene rings is 1. The van der Waals surface area contributed by atoms with Gasteiger partial charge in [0.2, 0.25) is 5.78 Å². The fraction of sp³-hybridized carbons (Fsp3) is 0. The molecule has 1 heterocycles. The molecule has 0 spiro atoms. The van der Waals surface area contributed by atoms with Crippen LogP contribution in [0.5, 0.6) is 5.75 Å². The average molecular weight is 230 g/mol. The number of phenolic OH excluding ortho intramolecular Hbond substituents is 1. The first-order valence-electron chi connectivity index (χ1n) is 4.95. The molecule has 2 aromatic rings. The second-order valence-corrected chi connectivity index (χ2v) is 3.39. The molecule has 1 aromatic carbocycles. The lowest BCUT2D eigenvalue weighted by Gasteiger charge is -2.02. The quantitative estimate of drug-likeness (QED) is 0.483. The number of carbonyl (C=O) groups is 1. The van der Waals surface area contributed by atoms with E-state index in [1.165, 1.54) is 24.5 Å². The number of aromatic hydroxyl groups is 1. The number of phenols is 1. The van der Waals surface area contributed by atoms with Crippen LogP contribution < -0.4 is 0 Å². The van der Waals surface area contributed by atoms with E-state index >= 15 is 0 Å². The Kier molecular flexibility index (Phi) is 2.96. The van der Waals surface area contributed by atoms with Gasteiger partial charge in [-0.2, -0.15) is 0 Å². The van der Waals surface area contributed by atoms with Crippen LogP contribution >= 0.6 is 0 Å². The minimum Gasteiger partial charge on any atom is -0.507 e. The molecule has 0 saturated carbocycles. The zero-order valence-electron chi connectivity index (χ0n) is 8.83. The predicted octanol–water partition coefficient (Wildman–Crippen LogP) is 2.77. The van der Waals surface area contributed by atoms with Gasteiger partial charge in [-0.25, -0.2) is 0 Å². The summed E-state index contributed by atoms with van der Waals surface area (Å²) in [6.45, 7) is 0. The summed E-state index contributed by atoms with van der Waals surface area (Å²) in [5.74, 6) is -0.722. The molecule has 0 fully saturated rings. The van der Waals surface area contributed by atoms with Crippen molar-refractivity contribution >= 4 is 11.5 Å². The van der Waals surface area contributed by atoms with Crippen LogP contribution in [0.25, 0.3) is 5.76 Å². The third-order valence-electron chi connectivity index (χ3n) is 2.21. The van der Waals surface area contributed by atoms with Crippen molar-refractivity contribution in [2.75, 3.05) is 0 Å². The summed E-state index contributed by atoms with van der Waals surface area (Å²) >= 11 is 0. The van der Waals surface area contributed by atoms with E-state index < -0.39 is 5.78 Å². The highest BCUT2D eigenvalue weighted by atomic mass is 16.3. The summed E-state index contributed by atoms with van der Waals surface area (Å²) in [5.41, 5.74) is 0.201. The largest absolute Gasteiger partial charge is 0.507 e. The first kappa shape index (κ1) is 11.0. The Morgan fingerprint density at radius 1 is 1.18 bits per heavy atom. The van der Waals surface area contributed by atoms with Gasteiger partial charge in [-0.1, -0.05) is 12.1 Å². The summed E-state index contributed by atoms with van der Waals surface area (Å²) < 4.78 is 4.89. The first-order chi connectivity index (χ1) is 8.18. The molecule has 0 unspecified atom stereocenters. The van der Waals surface area contributed by atoms with Gasteiger partial charge in [-0.3, -0.25) is 4.79 Å². The third kappa shape index (κ3) is 2.36. The van der Waals surface area contributed by atoms with Gasteiger partial charge in [0.05, 0.1) is 11.8 Å². The predicted molar refractivity (Wildman–Crippen MR) is 61.8 cm³/mol. The maximum atomic E-state index is 11.6. The lowest BCUT2D eigenvalue weighted by atomic mass is 10.1. The summed E-state index contributed by atoms with van der Waals surface area (Å²) in [7, 11) is 0. The number of carbonyl (C=O) groups excluding carboxylic acids is 1. The molecule has 0 aliphatic rings. The molecule has 4 nitrogen and oxygen atoms in total. The Morgan fingerprint density at radius 2 is 1.94 bits per heavy atom. The van der Waals surface area contributed by atoms with Crippen LogP contribution in [0.1, 0.15) is 16.1 Å². The number of furan rings is 1. The van der Waals surface area contributed by atoms with Crippen molar-refractivity contribution < 1.29 is 19.4 Å². The van der Waals surface area contributed by atoms with E-state index in [1.54, 1.807) is 18.2 Å². The Hall–Kier alpha value is -2.49. The second-order valence-electron chi connectivity index (χ2n) is 3.39. The van der Waals surface area contributed by atoms with Crippen LogP contribution in [0.15, 0.2) is 53.2 Å². The lowest BCUT2D eigenvalue weighted by Crippen LogP contribution is -1.94. The number of para-hydroxylation sites is 1. The molecular weight excluding hydrogens is 220 g/mol. The summed E-state index contributed by atoms with van der Waals surface area (Å²) in [6, 6.07) is 9.29. The van der Waals surface area contributed by atoms with Crippen LogP contribution in [0, 0.1) is 0 Å². The fourth-order valence-electron chi connectivity index (χ4n) is 1.38. The molecule has 2 rings (SSSR count). The molecule has 0 atom stereocenters. The topological polar surface area (TPSA) is 70.7 Å². The van der Waals surface area contributed by atoms with E-state index in [0.717, 1.165) is 6.08 Å². The van der Waals surface area contributed by atoms with Gasteiger partial charge < -0.3 is 14.6 Å². The number of ketones is 1. The molecule has 0 amide bonds. The van der Waals surface area contributed by atoms with Gasteiger partial charge in [0, 0.05) is 6.08 Å². The van der Waals surface area contributed by atoms with Gasteiger partial charge in [0.25, 0.3) is 0 Å². The fourth-order valence-corrected chi connectivity index (χ4v) is 1.38. The smallest absolute Gasteiger partial charge is 0.224 e. The monoisotopic (exact) mass is 230 g/mol. The lowest BCUT2D eigenvalue weighted by molar-refractivity contribution is 0.102. The van der Waals surface area contributed by atoms with Gasteiger partial charge in [0.1, 0.15) is 11.5 Å². The number of hydrogen-bond donors (Lipinski definition) is 2. The highest BCUT2D eigenvalue weighted by Crippen LogP contribution is 2.22. The van der Waals surface area contributed by atoms with Gasteiger partial charge in [-0.15, -0.1) is 0 Å². The molecule has 0 aliphatic carbocycles. The molecule has 0 aliphatic heterocycles. The van der Waals surface area contributed by atoms with Crippen molar-refractivity contribution in [2.24, 2.45) is 0 Å². The van der Waals surface area contributed by atoms with E-state index in [9.17, 15) is 15.0 Å². The van der Waals surface area contributed by atoms with Crippen molar-refractivity contribution in [3.8, 4) is 5.75 Å². The zero-order chi connectivity index (χ0) is 12.3. The molecule has 4 heteroatoms. The van der Waals surface area contributed by atoms with Crippen molar-refractivity contribution in [2.45, 2.75) is 0 Å². The Morgan fingerprint density at radius 3 is 2.59 bits per heavy atom. The second kappa shape index (κ2) is 4.57. The van der Waals surface area contributed by atoms with Crippen LogP contribution in [0.3, 0.4) is 0 Å². The standard InChI is InChI=1S/C13H10O4/c14-10-5-2-1-4-9(10)11(15)8-12(16)13-6-3-7-17-13/h1-8,14-15H/b11-8-. The SMILES string of the molecule is O=C(/C=C(\O)c1ccccc1O)c1ccco1. The van der Waals surface area contributed by atoms with Crippen LogP contribution in [-0.4, -0.2) is 16.0 Å². The molecule has 0 radical (unpaired) electrons. The Bertz CT molecular complexity index is 553. The van der Waals surface area contributed by atoms with Gasteiger partial charge >= 0.3 is 0 Å². The van der Waals surface area contributed by atoms with E-state index in [1.807, 2.05) is 0 Å². The van der Waals surface area contributed by atoms with Crippen molar-refractivity contribution in [1.82, 2.24) is 0 Å². The number of aliphatic hydroxyl groups is 1. The van der Waals surface area contributed by atoms with Gasteiger partial charge in [-0.05, 0) is 24.3 Å². The normalized spacial score (nSPS) is 11.4. The number of aliphatic hydroxyl groups excluding tert-OH is 1. The third-order valence-corrected chi connectivity index (χ3v) is 2.21. The van der Waals surface area contributed by atoms with E-state index in [2.05, 4.69) is 0 Å². The minimum atomic E-state index is -0.462. The van der Waals surface area contributed by atoms with E-state index in [4.69, 9.17) is 4.42 Å².